The fourth-order valence-corrected chi connectivity index (χ4v) is 4.60. The number of amides is 1. The number of carbonyl (C=O) groups is 1. The molecule has 0 unspecified atom stereocenters. The fraction of sp³-hybridized carbons (Fsp3) is 0.259. The van der Waals surface area contributed by atoms with Crippen molar-refractivity contribution in [2.45, 2.75) is 0 Å². The van der Waals surface area contributed by atoms with E-state index in [-0.39, 0.29) is 12.7 Å². The largest absolute Gasteiger partial charge is 0.497 e. The molecule has 2 aromatic heterocycles. The number of hydrogen-bond acceptors (Lipinski definition) is 9. The molecule has 6 rings (SSSR count). The molecule has 11 heteroatoms. The first-order valence-electron chi connectivity index (χ1n) is 12.2. The number of benzene rings is 2. The van der Waals surface area contributed by atoms with Crippen molar-refractivity contribution in [2.75, 3.05) is 52.1 Å². The van der Waals surface area contributed by atoms with Crippen LogP contribution in [0.1, 0.15) is 10.5 Å². The van der Waals surface area contributed by atoms with E-state index < -0.39 is 0 Å². The Bertz CT molecular complexity index is 1460. The Morgan fingerprint density at radius 3 is 2.47 bits per heavy atom. The highest BCUT2D eigenvalue weighted by molar-refractivity contribution is 5.93. The molecule has 1 N–H and O–H groups in total. The van der Waals surface area contributed by atoms with E-state index in [0.29, 0.717) is 54.8 Å². The van der Waals surface area contributed by atoms with Gasteiger partial charge in [0, 0.05) is 37.3 Å². The summed E-state index contributed by atoms with van der Waals surface area (Å²) in [6.07, 6.45) is 0. The van der Waals surface area contributed by atoms with E-state index in [4.69, 9.17) is 18.9 Å². The van der Waals surface area contributed by atoms with Gasteiger partial charge in [-0.2, -0.15) is 5.10 Å². The number of hydrogen-bond donors (Lipinski definition) is 1. The quantitative estimate of drug-likeness (QED) is 0.414. The van der Waals surface area contributed by atoms with Gasteiger partial charge >= 0.3 is 0 Å². The van der Waals surface area contributed by atoms with Crippen molar-refractivity contribution < 1.29 is 23.7 Å². The zero-order chi connectivity index (χ0) is 26.1. The zero-order valence-corrected chi connectivity index (χ0v) is 21.0. The first-order chi connectivity index (χ1) is 18.6. The second kappa shape index (κ2) is 9.92. The number of anilines is 1. The van der Waals surface area contributed by atoms with Gasteiger partial charge in [0.1, 0.15) is 17.2 Å². The van der Waals surface area contributed by atoms with E-state index in [0.717, 1.165) is 28.4 Å². The van der Waals surface area contributed by atoms with Crippen molar-refractivity contribution in [2.24, 2.45) is 0 Å². The Morgan fingerprint density at radius 1 is 0.868 bits per heavy atom. The van der Waals surface area contributed by atoms with Gasteiger partial charge in [-0.3, -0.25) is 9.89 Å². The molecule has 0 spiro atoms. The Labute approximate surface area is 218 Å². The molecule has 4 heterocycles. The molecule has 0 atom stereocenters. The summed E-state index contributed by atoms with van der Waals surface area (Å²) in [5.74, 6) is 3.44. The third-order valence-electron chi connectivity index (χ3n) is 6.70. The summed E-state index contributed by atoms with van der Waals surface area (Å²) >= 11 is 0. The van der Waals surface area contributed by atoms with Gasteiger partial charge < -0.3 is 28.7 Å². The van der Waals surface area contributed by atoms with Crippen molar-refractivity contribution in [3.63, 3.8) is 0 Å². The maximum Gasteiger partial charge on any atom is 0.272 e. The number of rotatable bonds is 6. The highest BCUT2D eigenvalue weighted by Crippen LogP contribution is 2.36. The van der Waals surface area contributed by atoms with Crippen LogP contribution in [0.3, 0.4) is 0 Å². The first kappa shape index (κ1) is 23.6. The first-order valence-corrected chi connectivity index (χ1v) is 12.2. The third-order valence-corrected chi connectivity index (χ3v) is 6.70. The minimum atomic E-state index is -0.102. The number of piperazine rings is 1. The van der Waals surface area contributed by atoms with E-state index in [1.54, 1.807) is 20.3 Å². The molecule has 4 aromatic rings. The number of nitrogens with zero attached hydrogens (tertiary/aromatic N) is 5. The lowest BCUT2D eigenvalue weighted by Crippen LogP contribution is -2.49. The number of aromatic nitrogens is 4. The molecule has 1 amide bonds. The van der Waals surface area contributed by atoms with Crippen LogP contribution in [0.15, 0.2) is 54.6 Å². The van der Waals surface area contributed by atoms with Crippen LogP contribution in [0.4, 0.5) is 5.82 Å². The predicted molar refractivity (Wildman–Crippen MR) is 139 cm³/mol. The highest BCUT2D eigenvalue weighted by atomic mass is 16.7. The van der Waals surface area contributed by atoms with E-state index in [9.17, 15) is 4.79 Å². The lowest BCUT2D eigenvalue weighted by molar-refractivity contribution is 0.0740. The van der Waals surface area contributed by atoms with Crippen LogP contribution in [-0.4, -0.2) is 78.4 Å². The summed E-state index contributed by atoms with van der Waals surface area (Å²) in [5.41, 5.74) is 3.44. The predicted octanol–water partition coefficient (Wildman–Crippen LogP) is 3.24. The molecule has 194 valence electrons. The second-order valence-corrected chi connectivity index (χ2v) is 8.86. The van der Waals surface area contributed by atoms with Crippen molar-refractivity contribution in [3.8, 4) is 45.5 Å². The molecule has 2 aliphatic rings. The molecule has 0 aliphatic carbocycles. The van der Waals surface area contributed by atoms with Crippen molar-refractivity contribution >= 4 is 11.7 Å². The Kier molecular flexibility index (Phi) is 6.16. The third kappa shape index (κ3) is 4.42. The monoisotopic (exact) mass is 514 g/mol. The molecule has 0 radical (unpaired) electrons. The molecule has 2 aromatic carbocycles. The van der Waals surface area contributed by atoms with Gasteiger partial charge in [0.25, 0.3) is 5.91 Å². The summed E-state index contributed by atoms with van der Waals surface area (Å²) in [7, 11) is 3.20. The molecule has 1 fully saturated rings. The number of fused-ring (bicyclic) bond motifs is 1. The van der Waals surface area contributed by atoms with Crippen LogP contribution in [0, 0.1) is 0 Å². The van der Waals surface area contributed by atoms with Crippen LogP contribution >= 0.6 is 0 Å². The van der Waals surface area contributed by atoms with E-state index >= 15 is 0 Å². The van der Waals surface area contributed by atoms with Crippen LogP contribution in [0.25, 0.3) is 22.5 Å². The molecule has 0 bridgehead atoms. The lowest BCUT2D eigenvalue weighted by atomic mass is 10.1. The van der Waals surface area contributed by atoms with Crippen LogP contribution in [-0.2, 0) is 0 Å². The van der Waals surface area contributed by atoms with Gasteiger partial charge in [-0.25, -0.2) is 0 Å². The smallest absolute Gasteiger partial charge is 0.272 e. The van der Waals surface area contributed by atoms with Crippen LogP contribution in [0.2, 0.25) is 0 Å². The minimum Gasteiger partial charge on any atom is -0.497 e. The van der Waals surface area contributed by atoms with Crippen LogP contribution < -0.4 is 23.8 Å². The number of nitrogens with one attached hydrogen (secondary N) is 1. The van der Waals surface area contributed by atoms with E-state index in [1.165, 1.54) is 0 Å². The molecular formula is C27H26N6O5. The number of methoxy groups -OCH3 is 2. The van der Waals surface area contributed by atoms with Crippen molar-refractivity contribution in [1.29, 1.82) is 0 Å². The maximum absolute atomic E-state index is 13.2. The number of H-pyrrole nitrogens is 1. The van der Waals surface area contributed by atoms with Gasteiger partial charge in [-0.15, -0.1) is 10.2 Å². The van der Waals surface area contributed by atoms with Crippen LogP contribution in [0.5, 0.6) is 23.0 Å². The maximum atomic E-state index is 13.2. The summed E-state index contributed by atoms with van der Waals surface area (Å²) in [5, 5.41) is 16.1. The fourth-order valence-electron chi connectivity index (χ4n) is 4.60. The Balaban J connectivity index is 1.10. The van der Waals surface area contributed by atoms with Gasteiger partial charge in [0.2, 0.25) is 6.79 Å². The zero-order valence-electron chi connectivity index (χ0n) is 21.0. The summed E-state index contributed by atoms with van der Waals surface area (Å²) < 4.78 is 21.6. The van der Waals surface area contributed by atoms with Gasteiger partial charge in [-0.1, -0.05) is 0 Å². The number of ether oxygens (including phenoxy) is 4. The molecule has 0 saturated carbocycles. The van der Waals surface area contributed by atoms with Gasteiger partial charge in [0.15, 0.2) is 17.3 Å². The van der Waals surface area contributed by atoms with Gasteiger partial charge in [0.05, 0.1) is 25.6 Å². The summed E-state index contributed by atoms with van der Waals surface area (Å²) in [6.45, 7) is 2.64. The molecule has 2 aliphatic heterocycles. The van der Waals surface area contributed by atoms with E-state index in [2.05, 4.69) is 25.3 Å². The summed E-state index contributed by atoms with van der Waals surface area (Å²) in [4.78, 5) is 17.1. The number of aromatic amines is 1. The number of carbonyl (C=O) groups excluding carboxylic acids is 1. The standard InChI is InChI=1S/C27H26N6O5/c1-35-18-4-7-23(36-2)19(14-18)21-15-22(30-29-21)27(34)33-11-9-32(10-12-33)26-8-5-20(28-31-26)17-3-6-24-25(13-17)38-16-37-24/h3-8,13-15H,9-12,16H2,1-2H3,(H,29,30). The molecule has 1 saturated heterocycles. The average molecular weight is 515 g/mol. The SMILES string of the molecule is COc1ccc(OC)c(-c2cc(C(=O)N3CCN(c4ccc(-c5ccc6c(c5)OCO6)nn4)CC3)[nH]n2)c1. The lowest BCUT2D eigenvalue weighted by Gasteiger charge is -2.34. The topological polar surface area (TPSA) is 115 Å². The normalized spacial score (nSPS) is 14.5. The van der Waals surface area contributed by atoms with E-state index in [1.807, 2.05) is 53.4 Å². The van der Waals surface area contributed by atoms with Crippen molar-refractivity contribution in [1.82, 2.24) is 25.3 Å². The van der Waals surface area contributed by atoms with Gasteiger partial charge in [-0.05, 0) is 54.6 Å². The molecule has 38 heavy (non-hydrogen) atoms. The molecular weight excluding hydrogens is 488 g/mol. The highest BCUT2D eigenvalue weighted by Gasteiger charge is 2.25. The Morgan fingerprint density at radius 2 is 1.71 bits per heavy atom. The summed E-state index contributed by atoms with van der Waals surface area (Å²) in [6, 6.07) is 16.8. The molecule has 11 nitrogen and oxygen atoms in total. The Hall–Kier alpha value is -4.80. The van der Waals surface area contributed by atoms with Crippen molar-refractivity contribution in [3.05, 3.63) is 60.3 Å². The average Bonchev–Trinajstić information content (AvgIpc) is 3.66. The minimum absolute atomic E-state index is 0.102. The second-order valence-electron chi connectivity index (χ2n) is 8.86.